The summed E-state index contributed by atoms with van der Waals surface area (Å²) < 4.78 is 6.57. The van der Waals surface area contributed by atoms with Crippen LogP contribution in [0.4, 0.5) is 0 Å². The monoisotopic (exact) mass is 304 g/mol. The summed E-state index contributed by atoms with van der Waals surface area (Å²) in [6.07, 6.45) is 12.4. The van der Waals surface area contributed by atoms with E-state index in [1.54, 1.807) is 6.07 Å². The van der Waals surface area contributed by atoms with Crippen LogP contribution in [0.2, 0.25) is 0 Å². The second-order valence-electron chi connectivity index (χ2n) is 6.96. The Bertz CT molecular complexity index is 435. The molecule has 2 heteroatoms. The Hall–Kier alpha value is -1.02. The van der Waals surface area contributed by atoms with E-state index >= 15 is 0 Å². The number of unbranched alkanes of at least 4 members (excludes halogenated alkanes) is 2. The Kier molecular flexibility index (Phi) is 6.75. The molecule has 1 unspecified atom stereocenters. The van der Waals surface area contributed by atoms with Gasteiger partial charge in [0.15, 0.2) is 0 Å². The highest BCUT2D eigenvalue weighted by atomic mass is 16.5. The molecule has 0 bridgehead atoms. The topological polar surface area (TPSA) is 29.5 Å². The summed E-state index contributed by atoms with van der Waals surface area (Å²) >= 11 is 0. The lowest BCUT2D eigenvalue weighted by molar-refractivity contribution is -0.113. The van der Waals surface area contributed by atoms with Crippen LogP contribution in [0.1, 0.15) is 77.2 Å². The van der Waals surface area contributed by atoms with E-state index < -0.39 is 0 Å². The van der Waals surface area contributed by atoms with E-state index in [-0.39, 0.29) is 11.7 Å². The van der Waals surface area contributed by atoms with E-state index in [1.807, 2.05) is 18.2 Å². The van der Waals surface area contributed by atoms with Gasteiger partial charge in [0.25, 0.3) is 0 Å². The second-order valence-corrected chi connectivity index (χ2v) is 6.96. The zero-order chi connectivity index (χ0) is 15.8. The molecule has 0 spiro atoms. The number of aromatic hydroxyl groups is 1. The highest BCUT2D eigenvalue weighted by Crippen LogP contribution is 2.37. The normalized spacial score (nSPS) is 19.0. The minimum Gasteiger partial charge on any atom is -0.508 e. The lowest BCUT2D eigenvalue weighted by atomic mass is 9.80. The van der Waals surface area contributed by atoms with Crippen molar-refractivity contribution < 1.29 is 9.84 Å². The molecule has 0 aromatic heterocycles. The van der Waals surface area contributed by atoms with Crippen LogP contribution in [0, 0.1) is 0 Å². The number of phenols is 1. The predicted octanol–water partition coefficient (Wildman–Crippen LogP) is 5.62. The lowest BCUT2D eigenvalue weighted by Gasteiger charge is -2.40. The van der Waals surface area contributed by atoms with E-state index in [9.17, 15) is 5.11 Å². The molecule has 0 aliphatic heterocycles. The first-order valence-electron chi connectivity index (χ1n) is 9.10. The van der Waals surface area contributed by atoms with Gasteiger partial charge in [0.2, 0.25) is 0 Å². The number of rotatable bonds is 8. The number of hydrogen-bond donors (Lipinski definition) is 1. The first kappa shape index (κ1) is 17.3. The predicted molar refractivity (Wildman–Crippen MR) is 92.3 cm³/mol. The minimum atomic E-state index is 0.0945. The fourth-order valence-electron chi connectivity index (χ4n) is 3.78. The maximum atomic E-state index is 9.95. The number of ether oxygens (including phenoxy) is 1. The van der Waals surface area contributed by atoms with E-state index in [2.05, 4.69) is 13.8 Å². The average Bonchev–Trinajstić information content (AvgIpc) is 2.51. The molecule has 1 atom stereocenters. The fraction of sp³-hybridized carbons (Fsp3) is 0.700. The number of phenolic OH excluding ortho intramolecular Hbond substituents is 1. The van der Waals surface area contributed by atoms with Crippen LogP contribution in [0.5, 0.6) is 5.75 Å². The van der Waals surface area contributed by atoms with Crippen molar-refractivity contribution in [3.8, 4) is 5.75 Å². The lowest BCUT2D eigenvalue weighted by Crippen LogP contribution is -2.38. The van der Waals surface area contributed by atoms with Crippen molar-refractivity contribution in [2.45, 2.75) is 89.8 Å². The quantitative estimate of drug-likeness (QED) is 0.631. The highest BCUT2D eigenvalue weighted by molar-refractivity contribution is 5.32. The van der Waals surface area contributed by atoms with Crippen molar-refractivity contribution in [1.29, 1.82) is 0 Å². The molecular weight excluding hydrogens is 272 g/mol. The zero-order valence-corrected chi connectivity index (χ0v) is 14.3. The number of benzene rings is 1. The fourth-order valence-corrected chi connectivity index (χ4v) is 3.78. The van der Waals surface area contributed by atoms with Gasteiger partial charge < -0.3 is 9.84 Å². The largest absolute Gasteiger partial charge is 0.508 e. The number of hydrogen-bond acceptors (Lipinski definition) is 2. The van der Waals surface area contributed by atoms with Crippen molar-refractivity contribution in [3.63, 3.8) is 0 Å². The summed E-state index contributed by atoms with van der Waals surface area (Å²) in [7, 11) is 0. The average molecular weight is 304 g/mol. The van der Waals surface area contributed by atoms with E-state index in [1.165, 1.54) is 57.8 Å². The van der Waals surface area contributed by atoms with Gasteiger partial charge >= 0.3 is 0 Å². The van der Waals surface area contributed by atoms with Crippen LogP contribution in [0.25, 0.3) is 0 Å². The Morgan fingerprint density at radius 1 is 1.14 bits per heavy atom. The van der Waals surface area contributed by atoms with Gasteiger partial charge in [0.05, 0.1) is 11.7 Å². The van der Waals surface area contributed by atoms with Gasteiger partial charge in [-0.1, -0.05) is 63.6 Å². The van der Waals surface area contributed by atoms with Crippen molar-refractivity contribution >= 4 is 0 Å². The van der Waals surface area contributed by atoms with Crippen LogP contribution >= 0.6 is 0 Å². The van der Waals surface area contributed by atoms with Crippen LogP contribution in [0.15, 0.2) is 24.3 Å². The smallest absolute Gasteiger partial charge is 0.118 e. The third kappa shape index (κ3) is 5.01. The van der Waals surface area contributed by atoms with E-state index in [0.29, 0.717) is 5.75 Å². The molecule has 1 aliphatic rings. The third-order valence-corrected chi connectivity index (χ3v) is 4.95. The summed E-state index contributed by atoms with van der Waals surface area (Å²) in [4.78, 5) is 0. The van der Waals surface area contributed by atoms with Crippen LogP contribution < -0.4 is 0 Å². The molecule has 1 aromatic carbocycles. The molecule has 0 saturated heterocycles. The molecule has 0 heterocycles. The van der Waals surface area contributed by atoms with Crippen molar-refractivity contribution in [2.75, 3.05) is 0 Å². The van der Waals surface area contributed by atoms with Gasteiger partial charge in [-0.3, -0.25) is 0 Å². The van der Waals surface area contributed by atoms with Crippen LogP contribution in [-0.2, 0) is 11.2 Å². The molecule has 1 N–H and O–H groups in total. The van der Waals surface area contributed by atoms with Crippen molar-refractivity contribution in [3.05, 3.63) is 29.8 Å². The molecule has 1 aliphatic carbocycles. The first-order valence-corrected chi connectivity index (χ1v) is 9.10. The van der Waals surface area contributed by atoms with Gasteiger partial charge in [-0.25, -0.2) is 0 Å². The van der Waals surface area contributed by atoms with Gasteiger partial charge in [0.1, 0.15) is 5.75 Å². The molecule has 124 valence electrons. The van der Waals surface area contributed by atoms with Crippen molar-refractivity contribution in [2.24, 2.45) is 0 Å². The van der Waals surface area contributed by atoms with Gasteiger partial charge in [0, 0.05) is 6.42 Å². The van der Waals surface area contributed by atoms with Crippen molar-refractivity contribution in [1.82, 2.24) is 0 Å². The van der Waals surface area contributed by atoms with Gasteiger partial charge in [-0.05, 0) is 37.8 Å². The molecule has 1 aromatic rings. The van der Waals surface area contributed by atoms with E-state index in [4.69, 9.17) is 4.74 Å². The summed E-state index contributed by atoms with van der Waals surface area (Å²) in [5.74, 6) is 0.390. The molecule has 2 rings (SSSR count). The minimum absolute atomic E-state index is 0.0945. The van der Waals surface area contributed by atoms with Gasteiger partial charge in [-0.2, -0.15) is 0 Å². The Morgan fingerprint density at radius 2 is 1.86 bits per heavy atom. The molecule has 0 radical (unpaired) electrons. The maximum Gasteiger partial charge on any atom is 0.118 e. The third-order valence-electron chi connectivity index (χ3n) is 4.95. The van der Waals surface area contributed by atoms with Gasteiger partial charge in [-0.15, -0.1) is 0 Å². The Labute approximate surface area is 135 Å². The van der Waals surface area contributed by atoms with Crippen LogP contribution in [-0.4, -0.2) is 16.8 Å². The summed E-state index contributed by atoms with van der Waals surface area (Å²) in [6.45, 7) is 4.41. The van der Waals surface area contributed by atoms with Crippen LogP contribution in [0.3, 0.4) is 0 Å². The SMILES string of the molecule is CCCCCC1(OC(C)Cc2ccccc2O)CCCCC1. The van der Waals surface area contributed by atoms with E-state index in [0.717, 1.165) is 12.0 Å². The molecular formula is C20H32O2. The molecule has 2 nitrogen and oxygen atoms in total. The molecule has 1 fully saturated rings. The standard InChI is InChI=1S/C20H32O2/c1-3-4-8-13-20(14-9-5-10-15-20)22-17(2)16-18-11-6-7-12-19(18)21/h6-7,11-12,17,21H,3-5,8-10,13-16H2,1-2H3. The first-order chi connectivity index (χ1) is 10.7. The Balaban J connectivity index is 1.95. The molecule has 22 heavy (non-hydrogen) atoms. The summed E-state index contributed by atoms with van der Waals surface area (Å²) in [6, 6.07) is 7.62. The Morgan fingerprint density at radius 3 is 2.55 bits per heavy atom. The second kappa shape index (κ2) is 8.57. The number of para-hydroxylation sites is 1. The molecule has 0 amide bonds. The maximum absolute atomic E-state index is 9.95. The highest BCUT2D eigenvalue weighted by Gasteiger charge is 2.34. The molecule has 1 saturated carbocycles. The summed E-state index contributed by atoms with van der Waals surface area (Å²) in [5.41, 5.74) is 1.09. The zero-order valence-electron chi connectivity index (χ0n) is 14.3. The summed E-state index contributed by atoms with van der Waals surface area (Å²) in [5, 5.41) is 9.95.